The fraction of sp³-hybridized carbons (Fsp3) is 0.211. The Labute approximate surface area is 149 Å². The summed E-state index contributed by atoms with van der Waals surface area (Å²) in [6.07, 6.45) is 0. The Hall–Kier alpha value is -3.35. The Morgan fingerprint density at radius 1 is 0.808 bits per heavy atom. The Kier molecular flexibility index (Phi) is 4.62. The molecule has 2 aromatic carbocycles. The minimum Gasteiger partial charge on any atom is -0.502 e. The lowest BCUT2D eigenvalue weighted by Gasteiger charge is -2.12. The molecule has 1 aromatic heterocycles. The van der Waals surface area contributed by atoms with Gasteiger partial charge in [-0.1, -0.05) is 0 Å². The smallest absolute Gasteiger partial charge is 0.235 e. The summed E-state index contributed by atoms with van der Waals surface area (Å²) in [4.78, 5) is 12.6. The van der Waals surface area contributed by atoms with E-state index in [1.54, 1.807) is 24.3 Å². The van der Waals surface area contributed by atoms with E-state index in [1.165, 1.54) is 34.5 Å². The second-order valence-electron chi connectivity index (χ2n) is 5.38. The summed E-state index contributed by atoms with van der Waals surface area (Å²) in [6.45, 7) is 0. The van der Waals surface area contributed by atoms with Crippen molar-refractivity contribution < 1.29 is 28.5 Å². The molecule has 7 nitrogen and oxygen atoms in total. The fourth-order valence-corrected chi connectivity index (χ4v) is 2.68. The quantitative estimate of drug-likeness (QED) is 0.749. The largest absolute Gasteiger partial charge is 0.502 e. The zero-order valence-corrected chi connectivity index (χ0v) is 14.8. The van der Waals surface area contributed by atoms with Gasteiger partial charge in [0.1, 0.15) is 5.58 Å². The fourth-order valence-electron chi connectivity index (χ4n) is 2.68. The van der Waals surface area contributed by atoms with E-state index in [0.717, 1.165) is 0 Å². The summed E-state index contributed by atoms with van der Waals surface area (Å²) in [5, 5.41) is 10.6. The van der Waals surface area contributed by atoms with Crippen LogP contribution in [0.25, 0.3) is 22.3 Å². The number of rotatable bonds is 5. The molecule has 3 aromatic rings. The Morgan fingerprint density at radius 2 is 1.38 bits per heavy atom. The molecular weight excluding hydrogens is 340 g/mol. The molecule has 0 atom stereocenters. The van der Waals surface area contributed by atoms with Gasteiger partial charge in [0.25, 0.3) is 0 Å². The zero-order valence-electron chi connectivity index (χ0n) is 14.8. The SMILES string of the molecule is COc1ccc(-c2oc3cc(OC)c(OC)cc3c(=O)c2O)cc1OC. The van der Waals surface area contributed by atoms with Crippen LogP contribution in [0.5, 0.6) is 28.7 Å². The molecule has 0 spiro atoms. The molecule has 0 amide bonds. The number of fused-ring (bicyclic) bond motifs is 1. The van der Waals surface area contributed by atoms with Gasteiger partial charge in [-0.3, -0.25) is 4.79 Å². The first-order valence-electron chi connectivity index (χ1n) is 7.68. The Morgan fingerprint density at radius 3 is 2.00 bits per heavy atom. The van der Waals surface area contributed by atoms with E-state index < -0.39 is 11.2 Å². The van der Waals surface area contributed by atoms with Gasteiger partial charge in [-0.25, -0.2) is 0 Å². The third kappa shape index (κ3) is 2.77. The summed E-state index contributed by atoms with van der Waals surface area (Å²) >= 11 is 0. The Bertz CT molecular complexity index is 1020. The van der Waals surface area contributed by atoms with Crippen molar-refractivity contribution in [2.75, 3.05) is 28.4 Å². The topological polar surface area (TPSA) is 87.4 Å². The molecule has 136 valence electrons. The second-order valence-corrected chi connectivity index (χ2v) is 5.38. The van der Waals surface area contributed by atoms with Crippen molar-refractivity contribution in [3.8, 4) is 40.1 Å². The molecule has 0 bridgehead atoms. The summed E-state index contributed by atoms with van der Waals surface area (Å²) in [5.74, 6) is 1.26. The van der Waals surface area contributed by atoms with Crippen LogP contribution in [0.1, 0.15) is 0 Å². The minimum atomic E-state index is -0.572. The van der Waals surface area contributed by atoms with Gasteiger partial charge in [-0.05, 0) is 24.3 Å². The van der Waals surface area contributed by atoms with Crippen LogP contribution in [0.2, 0.25) is 0 Å². The van der Waals surface area contributed by atoms with Gasteiger partial charge >= 0.3 is 0 Å². The first-order chi connectivity index (χ1) is 12.5. The summed E-state index contributed by atoms with van der Waals surface area (Å²) < 4.78 is 26.7. The number of aromatic hydroxyl groups is 1. The third-order valence-electron chi connectivity index (χ3n) is 4.02. The molecule has 0 saturated heterocycles. The highest BCUT2D eigenvalue weighted by Gasteiger charge is 2.19. The number of hydrogen-bond acceptors (Lipinski definition) is 7. The predicted octanol–water partition coefficient (Wildman–Crippen LogP) is 3.20. The highest BCUT2D eigenvalue weighted by atomic mass is 16.5. The van der Waals surface area contributed by atoms with Gasteiger partial charge in [-0.15, -0.1) is 0 Å². The number of hydrogen-bond donors (Lipinski definition) is 1. The molecule has 0 aliphatic carbocycles. The molecule has 0 saturated carbocycles. The standard InChI is InChI=1S/C19H18O7/c1-22-12-6-5-10(7-14(12)23-2)19-18(21)17(20)11-8-15(24-3)16(25-4)9-13(11)26-19/h5-9,21H,1-4H3. The molecule has 0 unspecified atom stereocenters. The first-order valence-corrected chi connectivity index (χ1v) is 7.68. The zero-order chi connectivity index (χ0) is 18.8. The van der Waals surface area contributed by atoms with Gasteiger partial charge in [-0.2, -0.15) is 0 Å². The molecule has 1 N–H and O–H groups in total. The second kappa shape index (κ2) is 6.87. The summed E-state index contributed by atoms with van der Waals surface area (Å²) in [7, 11) is 5.96. The van der Waals surface area contributed by atoms with Crippen LogP contribution in [-0.4, -0.2) is 33.5 Å². The van der Waals surface area contributed by atoms with E-state index in [0.29, 0.717) is 28.6 Å². The maximum absolute atomic E-state index is 12.6. The third-order valence-corrected chi connectivity index (χ3v) is 4.02. The van der Waals surface area contributed by atoms with Gasteiger partial charge in [0.05, 0.1) is 33.8 Å². The number of benzene rings is 2. The molecule has 7 heteroatoms. The van der Waals surface area contributed by atoms with Crippen molar-refractivity contribution in [2.24, 2.45) is 0 Å². The van der Waals surface area contributed by atoms with E-state index in [-0.39, 0.29) is 16.7 Å². The van der Waals surface area contributed by atoms with Crippen LogP contribution in [-0.2, 0) is 0 Å². The van der Waals surface area contributed by atoms with Crippen molar-refractivity contribution in [1.29, 1.82) is 0 Å². The lowest BCUT2D eigenvalue weighted by molar-refractivity contribution is 0.354. The Balaban J connectivity index is 2.27. The molecule has 0 radical (unpaired) electrons. The van der Waals surface area contributed by atoms with E-state index >= 15 is 0 Å². The molecular formula is C19H18O7. The normalized spacial score (nSPS) is 10.6. The van der Waals surface area contributed by atoms with E-state index in [9.17, 15) is 9.90 Å². The lowest BCUT2D eigenvalue weighted by Crippen LogP contribution is -2.04. The highest BCUT2D eigenvalue weighted by molar-refractivity contribution is 5.85. The van der Waals surface area contributed by atoms with Crippen LogP contribution in [0.4, 0.5) is 0 Å². The summed E-state index contributed by atoms with van der Waals surface area (Å²) in [5.41, 5.74) is 0.154. The van der Waals surface area contributed by atoms with Crippen LogP contribution >= 0.6 is 0 Å². The van der Waals surface area contributed by atoms with Gasteiger partial charge in [0.2, 0.25) is 11.2 Å². The minimum absolute atomic E-state index is 0.0238. The molecule has 26 heavy (non-hydrogen) atoms. The van der Waals surface area contributed by atoms with E-state index in [2.05, 4.69) is 0 Å². The predicted molar refractivity (Wildman–Crippen MR) is 95.8 cm³/mol. The van der Waals surface area contributed by atoms with Crippen LogP contribution < -0.4 is 24.4 Å². The maximum Gasteiger partial charge on any atom is 0.235 e. The molecule has 0 aliphatic heterocycles. The average molecular weight is 358 g/mol. The first kappa shape index (κ1) is 17.5. The monoisotopic (exact) mass is 358 g/mol. The molecule has 0 fully saturated rings. The van der Waals surface area contributed by atoms with Crippen molar-refractivity contribution in [3.63, 3.8) is 0 Å². The van der Waals surface area contributed by atoms with Gasteiger partial charge in [0.15, 0.2) is 28.8 Å². The van der Waals surface area contributed by atoms with Crippen molar-refractivity contribution >= 4 is 11.0 Å². The van der Waals surface area contributed by atoms with Crippen LogP contribution in [0, 0.1) is 0 Å². The van der Waals surface area contributed by atoms with Crippen molar-refractivity contribution in [1.82, 2.24) is 0 Å². The van der Waals surface area contributed by atoms with E-state index in [1.807, 2.05) is 0 Å². The van der Waals surface area contributed by atoms with Crippen LogP contribution in [0.15, 0.2) is 39.5 Å². The van der Waals surface area contributed by atoms with Gasteiger partial charge < -0.3 is 28.5 Å². The van der Waals surface area contributed by atoms with Crippen molar-refractivity contribution in [2.45, 2.75) is 0 Å². The van der Waals surface area contributed by atoms with Crippen LogP contribution in [0.3, 0.4) is 0 Å². The molecule has 0 aliphatic rings. The van der Waals surface area contributed by atoms with E-state index in [4.69, 9.17) is 23.4 Å². The maximum atomic E-state index is 12.6. The van der Waals surface area contributed by atoms with Crippen molar-refractivity contribution in [3.05, 3.63) is 40.6 Å². The highest BCUT2D eigenvalue weighted by Crippen LogP contribution is 2.38. The van der Waals surface area contributed by atoms with Gasteiger partial charge in [0, 0.05) is 11.6 Å². The molecule has 3 rings (SSSR count). The molecule has 1 heterocycles. The lowest BCUT2D eigenvalue weighted by atomic mass is 10.1. The number of ether oxygens (including phenoxy) is 4. The number of methoxy groups -OCH3 is 4. The summed E-state index contributed by atoms with van der Waals surface area (Å²) in [6, 6.07) is 7.94. The average Bonchev–Trinajstić information content (AvgIpc) is 2.69.